The lowest BCUT2D eigenvalue weighted by Gasteiger charge is -2.27. The van der Waals surface area contributed by atoms with Crippen molar-refractivity contribution >= 4 is 9.84 Å². The molecule has 0 saturated carbocycles. The third kappa shape index (κ3) is 2.90. The lowest BCUT2D eigenvalue weighted by molar-refractivity contribution is 0.154. The predicted octanol–water partition coefficient (Wildman–Crippen LogP) is -1.51. The molecule has 6 heteroatoms. The number of hydrogen-bond donors (Lipinski definition) is 3. The molecule has 0 unspecified atom stereocenters. The normalized spacial score (nSPS) is 36.9. The quantitative estimate of drug-likeness (QED) is 0.541. The number of piperidine rings is 1. The molecule has 2 heterocycles. The van der Waals surface area contributed by atoms with Gasteiger partial charge in [-0.3, -0.25) is 0 Å². The van der Waals surface area contributed by atoms with Gasteiger partial charge in [0.05, 0.1) is 17.6 Å². The molecule has 0 radical (unpaired) electrons. The van der Waals surface area contributed by atoms with E-state index < -0.39 is 15.9 Å². The highest BCUT2D eigenvalue weighted by Gasteiger charge is 2.37. The summed E-state index contributed by atoms with van der Waals surface area (Å²) >= 11 is 0. The van der Waals surface area contributed by atoms with Gasteiger partial charge in [0.2, 0.25) is 0 Å². The maximum Gasteiger partial charge on any atom is 0.154 e. The van der Waals surface area contributed by atoms with E-state index in [2.05, 4.69) is 10.6 Å². The molecule has 0 amide bonds. The monoisotopic (exact) mass is 234 g/mol. The average Bonchev–Trinajstić information content (AvgIpc) is 2.41. The van der Waals surface area contributed by atoms with Crippen molar-refractivity contribution in [2.24, 2.45) is 0 Å². The molecule has 2 aliphatic heterocycles. The van der Waals surface area contributed by atoms with Crippen LogP contribution in [0.1, 0.15) is 12.8 Å². The van der Waals surface area contributed by atoms with E-state index in [0.717, 1.165) is 25.9 Å². The van der Waals surface area contributed by atoms with Crippen LogP contribution in [0, 0.1) is 0 Å². The van der Waals surface area contributed by atoms with Crippen molar-refractivity contribution in [3.8, 4) is 0 Å². The molecule has 0 aromatic carbocycles. The van der Waals surface area contributed by atoms with Gasteiger partial charge in [-0.05, 0) is 25.9 Å². The number of sulfone groups is 1. The molecule has 5 nitrogen and oxygen atoms in total. The van der Waals surface area contributed by atoms with Gasteiger partial charge in [0.1, 0.15) is 0 Å². The van der Waals surface area contributed by atoms with Crippen LogP contribution in [0.15, 0.2) is 0 Å². The molecular weight excluding hydrogens is 216 g/mol. The van der Waals surface area contributed by atoms with E-state index in [1.807, 2.05) is 0 Å². The van der Waals surface area contributed by atoms with E-state index in [4.69, 9.17) is 0 Å². The van der Waals surface area contributed by atoms with Crippen LogP contribution in [0.4, 0.5) is 0 Å². The molecule has 2 fully saturated rings. The van der Waals surface area contributed by atoms with Crippen LogP contribution in [0.25, 0.3) is 0 Å². The molecular formula is C9H18N2O3S. The van der Waals surface area contributed by atoms with Crippen molar-refractivity contribution in [1.82, 2.24) is 10.6 Å². The second-order valence-corrected chi connectivity index (χ2v) is 6.60. The van der Waals surface area contributed by atoms with Crippen molar-refractivity contribution in [2.75, 3.05) is 24.6 Å². The predicted molar refractivity (Wildman–Crippen MR) is 57.5 cm³/mol. The van der Waals surface area contributed by atoms with Crippen molar-refractivity contribution < 1.29 is 13.5 Å². The minimum atomic E-state index is -3.02. The first-order valence-electron chi connectivity index (χ1n) is 5.42. The third-order valence-corrected chi connectivity index (χ3v) is 4.83. The van der Waals surface area contributed by atoms with Gasteiger partial charge < -0.3 is 15.7 Å². The summed E-state index contributed by atoms with van der Waals surface area (Å²) in [4.78, 5) is 0. The fourth-order valence-corrected chi connectivity index (χ4v) is 4.03. The maximum atomic E-state index is 11.3. The highest BCUT2D eigenvalue weighted by molar-refractivity contribution is 7.91. The summed E-state index contributed by atoms with van der Waals surface area (Å²) in [5.41, 5.74) is 0. The second kappa shape index (κ2) is 4.37. The smallest absolute Gasteiger partial charge is 0.154 e. The molecule has 0 spiro atoms. The van der Waals surface area contributed by atoms with Gasteiger partial charge in [0.15, 0.2) is 9.84 Å². The van der Waals surface area contributed by atoms with Crippen LogP contribution in [-0.2, 0) is 9.84 Å². The fraction of sp³-hybridized carbons (Fsp3) is 1.00. The molecule has 0 aliphatic carbocycles. The zero-order chi connectivity index (χ0) is 10.9. The second-order valence-electron chi connectivity index (χ2n) is 4.44. The molecule has 2 atom stereocenters. The lowest BCUT2D eigenvalue weighted by atomic mass is 10.0. The van der Waals surface area contributed by atoms with Crippen molar-refractivity contribution in [3.63, 3.8) is 0 Å². The Morgan fingerprint density at radius 1 is 1.20 bits per heavy atom. The van der Waals surface area contributed by atoms with Gasteiger partial charge in [0.25, 0.3) is 0 Å². The number of nitrogens with one attached hydrogen (secondary N) is 2. The first kappa shape index (κ1) is 11.3. The average molecular weight is 234 g/mol. The van der Waals surface area contributed by atoms with Gasteiger partial charge in [-0.1, -0.05) is 0 Å². The topological polar surface area (TPSA) is 78.4 Å². The van der Waals surface area contributed by atoms with Gasteiger partial charge in [-0.25, -0.2) is 8.42 Å². The van der Waals surface area contributed by atoms with E-state index in [1.165, 1.54) is 0 Å². The van der Waals surface area contributed by atoms with E-state index in [0.29, 0.717) is 6.04 Å². The van der Waals surface area contributed by atoms with E-state index in [-0.39, 0.29) is 17.5 Å². The summed E-state index contributed by atoms with van der Waals surface area (Å²) in [5.74, 6) is -0.00622. The molecule has 0 bridgehead atoms. The van der Waals surface area contributed by atoms with Crippen LogP contribution >= 0.6 is 0 Å². The highest BCUT2D eigenvalue weighted by Crippen LogP contribution is 2.15. The SMILES string of the molecule is O=S1(=O)C[C@H](NC2CCNCC2)[C@@H](O)C1. The van der Waals surface area contributed by atoms with Gasteiger partial charge in [-0.2, -0.15) is 0 Å². The van der Waals surface area contributed by atoms with Crippen molar-refractivity contribution in [3.05, 3.63) is 0 Å². The minimum Gasteiger partial charge on any atom is -0.390 e. The Kier molecular flexibility index (Phi) is 3.30. The molecule has 0 aromatic heterocycles. The zero-order valence-electron chi connectivity index (χ0n) is 8.65. The van der Waals surface area contributed by atoms with E-state index in [9.17, 15) is 13.5 Å². The zero-order valence-corrected chi connectivity index (χ0v) is 9.46. The molecule has 88 valence electrons. The van der Waals surface area contributed by atoms with Gasteiger partial charge in [0, 0.05) is 12.1 Å². The number of rotatable bonds is 2. The standard InChI is InChI=1S/C9H18N2O3S/c12-9-6-15(13,14)5-8(9)11-7-1-3-10-4-2-7/h7-12H,1-6H2/t8-,9-/m0/s1. The highest BCUT2D eigenvalue weighted by atomic mass is 32.2. The Labute approximate surface area is 90.2 Å². The maximum absolute atomic E-state index is 11.3. The Morgan fingerprint density at radius 2 is 1.87 bits per heavy atom. The van der Waals surface area contributed by atoms with Crippen LogP contribution < -0.4 is 10.6 Å². The summed E-state index contributed by atoms with van der Waals surface area (Å²) in [6, 6.07) is 0.0808. The fourth-order valence-electron chi connectivity index (χ4n) is 2.28. The Balaban J connectivity index is 1.89. The Morgan fingerprint density at radius 3 is 2.40 bits per heavy atom. The summed E-state index contributed by atoms with van der Waals surface area (Å²) < 4.78 is 22.6. The molecule has 2 saturated heterocycles. The van der Waals surface area contributed by atoms with Crippen LogP contribution in [-0.4, -0.2) is 56.3 Å². The third-order valence-electron chi connectivity index (χ3n) is 3.11. The summed E-state index contributed by atoms with van der Waals surface area (Å²) in [5, 5.41) is 16.1. The van der Waals surface area contributed by atoms with E-state index in [1.54, 1.807) is 0 Å². The Hall–Kier alpha value is -0.170. The lowest BCUT2D eigenvalue weighted by Crippen LogP contribution is -2.48. The summed E-state index contributed by atoms with van der Waals surface area (Å²) in [6.45, 7) is 1.93. The molecule has 15 heavy (non-hydrogen) atoms. The first-order valence-corrected chi connectivity index (χ1v) is 7.24. The summed E-state index contributed by atoms with van der Waals surface area (Å²) in [6.07, 6.45) is 1.27. The molecule has 3 N–H and O–H groups in total. The van der Waals surface area contributed by atoms with Crippen LogP contribution in [0.3, 0.4) is 0 Å². The minimum absolute atomic E-state index is 0.0814. The van der Waals surface area contributed by atoms with E-state index >= 15 is 0 Å². The number of aliphatic hydroxyl groups is 1. The molecule has 2 aliphatic rings. The first-order chi connectivity index (χ1) is 7.07. The molecule has 2 rings (SSSR count). The van der Waals surface area contributed by atoms with Crippen LogP contribution in [0.2, 0.25) is 0 Å². The van der Waals surface area contributed by atoms with Crippen molar-refractivity contribution in [2.45, 2.75) is 31.0 Å². The number of hydrogen-bond acceptors (Lipinski definition) is 5. The van der Waals surface area contributed by atoms with Gasteiger partial charge in [-0.15, -0.1) is 0 Å². The molecule has 0 aromatic rings. The largest absolute Gasteiger partial charge is 0.390 e. The van der Waals surface area contributed by atoms with Crippen molar-refractivity contribution in [1.29, 1.82) is 0 Å². The Bertz CT molecular complexity index is 311. The summed E-state index contributed by atoms with van der Waals surface area (Å²) in [7, 11) is -3.02. The van der Waals surface area contributed by atoms with Crippen LogP contribution in [0.5, 0.6) is 0 Å². The number of aliphatic hydroxyl groups excluding tert-OH is 1. The van der Waals surface area contributed by atoms with Gasteiger partial charge >= 0.3 is 0 Å².